The van der Waals surface area contributed by atoms with Gasteiger partial charge >= 0.3 is 6.61 Å². The maximum atomic E-state index is 12.3. The van der Waals surface area contributed by atoms with Crippen molar-refractivity contribution in [2.75, 3.05) is 20.8 Å². The van der Waals surface area contributed by atoms with Crippen molar-refractivity contribution in [3.8, 4) is 29.1 Å². The number of halogens is 2. The third kappa shape index (κ3) is 5.74. The molecular formula is C19H18F2N2O5. The Kier molecular flexibility index (Phi) is 7.39. The van der Waals surface area contributed by atoms with E-state index in [4.69, 9.17) is 19.5 Å². The average Bonchev–Trinajstić information content (AvgIpc) is 2.70. The number of nitrogens with zero attached hydrogens (tertiary/aromatic N) is 1. The second-order valence-electron chi connectivity index (χ2n) is 5.41. The van der Waals surface area contributed by atoms with Crippen molar-refractivity contribution in [2.45, 2.75) is 13.2 Å². The zero-order chi connectivity index (χ0) is 20.5. The van der Waals surface area contributed by atoms with Gasteiger partial charge in [-0.3, -0.25) is 4.79 Å². The Hall–Kier alpha value is -3.54. The number of carbonyl (C=O) groups is 1. The predicted octanol–water partition coefficient (Wildman–Crippen LogP) is 2.87. The molecule has 2 aromatic rings. The highest BCUT2D eigenvalue weighted by Crippen LogP contribution is 2.29. The minimum absolute atomic E-state index is 0.0937. The summed E-state index contributed by atoms with van der Waals surface area (Å²) in [5.41, 5.74) is 1.03. The van der Waals surface area contributed by atoms with Gasteiger partial charge in [-0.1, -0.05) is 6.07 Å². The van der Waals surface area contributed by atoms with Crippen molar-refractivity contribution < 1.29 is 32.5 Å². The summed E-state index contributed by atoms with van der Waals surface area (Å²) in [7, 11) is 2.76. The molecule has 0 aliphatic carbocycles. The molecule has 1 N–H and O–H groups in total. The van der Waals surface area contributed by atoms with E-state index in [2.05, 4.69) is 10.1 Å². The van der Waals surface area contributed by atoms with Crippen LogP contribution >= 0.6 is 0 Å². The van der Waals surface area contributed by atoms with E-state index in [0.29, 0.717) is 22.6 Å². The number of hydrogen-bond donors (Lipinski definition) is 1. The fraction of sp³-hybridized carbons (Fsp3) is 0.263. The van der Waals surface area contributed by atoms with Crippen LogP contribution in [0.1, 0.15) is 11.1 Å². The Morgan fingerprint density at radius 2 is 1.75 bits per heavy atom. The molecule has 0 saturated carbocycles. The van der Waals surface area contributed by atoms with Gasteiger partial charge < -0.3 is 24.3 Å². The van der Waals surface area contributed by atoms with Gasteiger partial charge in [-0.25, -0.2) is 0 Å². The quantitative estimate of drug-likeness (QED) is 0.706. The van der Waals surface area contributed by atoms with Crippen LogP contribution in [-0.2, 0) is 11.3 Å². The predicted molar refractivity (Wildman–Crippen MR) is 94.7 cm³/mol. The monoisotopic (exact) mass is 392 g/mol. The van der Waals surface area contributed by atoms with Gasteiger partial charge in [0.25, 0.3) is 5.91 Å². The summed E-state index contributed by atoms with van der Waals surface area (Å²) in [5.74, 6) is 0.297. The van der Waals surface area contributed by atoms with Gasteiger partial charge in [0.1, 0.15) is 0 Å². The lowest BCUT2D eigenvalue weighted by molar-refractivity contribution is -0.123. The number of alkyl halides is 2. The summed E-state index contributed by atoms with van der Waals surface area (Å²) in [6.07, 6.45) is 0. The van der Waals surface area contributed by atoms with Crippen LogP contribution < -0.4 is 24.3 Å². The molecule has 0 heterocycles. The molecular weight excluding hydrogens is 374 g/mol. The zero-order valence-electron chi connectivity index (χ0n) is 15.2. The highest BCUT2D eigenvalue weighted by molar-refractivity contribution is 5.77. The molecule has 0 saturated heterocycles. The molecule has 0 aliphatic rings. The molecule has 1 amide bonds. The first-order valence-corrected chi connectivity index (χ1v) is 8.06. The third-order valence-electron chi connectivity index (χ3n) is 3.59. The number of nitriles is 1. The first kappa shape index (κ1) is 20.8. The Bertz CT molecular complexity index is 868. The van der Waals surface area contributed by atoms with Crippen LogP contribution in [0, 0.1) is 11.3 Å². The van der Waals surface area contributed by atoms with Gasteiger partial charge in [0.05, 0.1) is 25.9 Å². The van der Waals surface area contributed by atoms with Crippen LogP contribution in [0.25, 0.3) is 0 Å². The number of carbonyl (C=O) groups excluding carboxylic acids is 1. The van der Waals surface area contributed by atoms with Crippen molar-refractivity contribution in [1.82, 2.24) is 5.32 Å². The molecule has 0 aromatic heterocycles. The molecule has 0 fully saturated rings. The molecule has 28 heavy (non-hydrogen) atoms. The Balaban J connectivity index is 1.91. The molecule has 0 radical (unpaired) electrons. The summed E-state index contributed by atoms with van der Waals surface area (Å²) in [4.78, 5) is 12.0. The maximum absolute atomic E-state index is 12.3. The van der Waals surface area contributed by atoms with Crippen molar-refractivity contribution in [1.29, 1.82) is 5.26 Å². The highest BCUT2D eigenvalue weighted by Gasteiger charge is 2.12. The fourth-order valence-electron chi connectivity index (χ4n) is 2.27. The minimum Gasteiger partial charge on any atom is -0.493 e. The average molecular weight is 392 g/mol. The SMILES string of the molecule is COc1cc(C#N)ccc1OCC(=O)NCc1ccc(OC(F)F)c(OC)c1. The topological polar surface area (TPSA) is 89.8 Å². The van der Waals surface area contributed by atoms with Crippen molar-refractivity contribution in [3.05, 3.63) is 47.5 Å². The Morgan fingerprint density at radius 1 is 1.07 bits per heavy atom. The summed E-state index contributed by atoms with van der Waals surface area (Å²) < 4.78 is 44.6. The molecule has 7 nitrogen and oxygen atoms in total. The van der Waals surface area contributed by atoms with Crippen molar-refractivity contribution in [3.63, 3.8) is 0 Å². The van der Waals surface area contributed by atoms with E-state index in [9.17, 15) is 13.6 Å². The van der Waals surface area contributed by atoms with Crippen molar-refractivity contribution >= 4 is 5.91 Å². The van der Waals surface area contributed by atoms with Gasteiger partial charge in [-0.05, 0) is 29.8 Å². The van der Waals surface area contributed by atoms with Crippen LogP contribution in [0.2, 0.25) is 0 Å². The second kappa shape index (κ2) is 9.97. The molecule has 0 atom stereocenters. The fourth-order valence-corrected chi connectivity index (χ4v) is 2.27. The molecule has 2 aromatic carbocycles. The summed E-state index contributed by atoms with van der Waals surface area (Å²) >= 11 is 0. The second-order valence-corrected chi connectivity index (χ2v) is 5.41. The van der Waals surface area contributed by atoms with Gasteiger partial charge in [0.2, 0.25) is 0 Å². The number of methoxy groups -OCH3 is 2. The smallest absolute Gasteiger partial charge is 0.387 e. The maximum Gasteiger partial charge on any atom is 0.387 e. The number of ether oxygens (including phenoxy) is 4. The summed E-state index contributed by atoms with van der Waals surface area (Å²) in [5, 5.41) is 11.5. The van der Waals surface area contributed by atoms with Crippen LogP contribution in [0.4, 0.5) is 8.78 Å². The zero-order valence-corrected chi connectivity index (χ0v) is 15.2. The molecule has 0 spiro atoms. The summed E-state index contributed by atoms with van der Waals surface area (Å²) in [6.45, 7) is -3.10. The number of benzene rings is 2. The van der Waals surface area contributed by atoms with E-state index in [1.165, 1.54) is 44.6 Å². The molecule has 0 aliphatic heterocycles. The third-order valence-corrected chi connectivity index (χ3v) is 3.59. The van der Waals surface area contributed by atoms with E-state index >= 15 is 0 Å². The molecule has 148 valence electrons. The lowest BCUT2D eigenvalue weighted by Gasteiger charge is -2.13. The van der Waals surface area contributed by atoms with Gasteiger partial charge in [0.15, 0.2) is 29.6 Å². The number of amides is 1. The van der Waals surface area contributed by atoms with E-state index in [0.717, 1.165) is 0 Å². The van der Waals surface area contributed by atoms with Crippen LogP contribution in [0.5, 0.6) is 23.0 Å². The molecule has 2 rings (SSSR count). The Labute approximate surface area is 160 Å². The van der Waals surface area contributed by atoms with Crippen LogP contribution in [0.3, 0.4) is 0 Å². The first-order chi connectivity index (χ1) is 13.5. The Morgan fingerprint density at radius 3 is 2.39 bits per heavy atom. The number of nitrogens with one attached hydrogen (secondary N) is 1. The normalized spacial score (nSPS) is 10.1. The summed E-state index contributed by atoms with van der Waals surface area (Å²) in [6, 6.07) is 10.9. The molecule has 0 bridgehead atoms. The van der Waals surface area contributed by atoms with E-state index in [1.54, 1.807) is 6.07 Å². The first-order valence-electron chi connectivity index (χ1n) is 8.06. The number of rotatable bonds is 9. The van der Waals surface area contributed by atoms with E-state index < -0.39 is 12.5 Å². The van der Waals surface area contributed by atoms with Crippen molar-refractivity contribution in [2.24, 2.45) is 0 Å². The van der Waals surface area contributed by atoms with E-state index in [-0.39, 0.29) is 24.7 Å². The number of hydrogen-bond acceptors (Lipinski definition) is 6. The van der Waals surface area contributed by atoms with Gasteiger partial charge in [-0.15, -0.1) is 0 Å². The lowest BCUT2D eigenvalue weighted by atomic mass is 10.2. The minimum atomic E-state index is -2.96. The van der Waals surface area contributed by atoms with Crippen LogP contribution in [-0.4, -0.2) is 33.3 Å². The largest absolute Gasteiger partial charge is 0.493 e. The van der Waals surface area contributed by atoms with Gasteiger partial charge in [-0.2, -0.15) is 14.0 Å². The molecule has 0 unspecified atom stereocenters. The van der Waals surface area contributed by atoms with E-state index in [1.807, 2.05) is 6.07 Å². The highest BCUT2D eigenvalue weighted by atomic mass is 19.3. The lowest BCUT2D eigenvalue weighted by Crippen LogP contribution is -2.28. The standard InChI is InChI=1S/C19H18F2N2O5/c1-25-16-7-12(9-22)3-5-14(16)27-11-18(24)23-10-13-4-6-15(28-19(20)21)17(8-13)26-2/h3-8,19H,10-11H2,1-2H3,(H,23,24). The van der Waals surface area contributed by atoms with Gasteiger partial charge in [0, 0.05) is 12.6 Å². The van der Waals surface area contributed by atoms with Crippen LogP contribution in [0.15, 0.2) is 36.4 Å². The molecule has 9 heteroatoms.